The number of nitrogens with zero attached hydrogens (tertiary/aromatic N) is 3. The Labute approximate surface area is 133 Å². The normalized spacial score (nSPS) is 12.3. The van der Waals surface area contributed by atoms with Crippen LogP contribution in [0.4, 0.5) is 0 Å². The molecule has 0 aliphatic carbocycles. The standard InChI is InChI=1S/C15H21N5O3/c1-10(2)13(14-16-6-9-19(14)3)17-11(21)4-7-20-8-5-12(22)18-15(20)23/h5-6,8-10,13H,4,7H2,1-3H3,(H,17,21)(H,18,22,23)/t13-/m0/s1. The second kappa shape index (κ2) is 7.08. The van der Waals surface area contributed by atoms with Crippen LogP contribution in [0.2, 0.25) is 0 Å². The highest BCUT2D eigenvalue weighted by atomic mass is 16.2. The van der Waals surface area contributed by atoms with Crippen LogP contribution in [0.5, 0.6) is 0 Å². The van der Waals surface area contributed by atoms with Crippen LogP contribution in [-0.4, -0.2) is 25.0 Å². The van der Waals surface area contributed by atoms with Gasteiger partial charge < -0.3 is 14.5 Å². The van der Waals surface area contributed by atoms with Crippen molar-refractivity contribution in [2.75, 3.05) is 0 Å². The van der Waals surface area contributed by atoms with Gasteiger partial charge >= 0.3 is 5.69 Å². The van der Waals surface area contributed by atoms with Crippen LogP contribution < -0.4 is 16.6 Å². The molecule has 0 radical (unpaired) electrons. The number of nitrogens with one attached hydrogen (secondary N) is 2. The minimum Gasteiger partial charge on any atom is -0.346 e. The van der Waals surface area contributed by atoms with Gasteiger partial charge in [-0.25, -0.2) is 9.78 Å². The van der Waals surface area contributed by atoms with Gasteiger partial charge in [-0.15, -0.1) is 0 Å². The zero-order valence-electron chi connectivity index (χ0n) is 13.4. The van der Waals surface area contributed by atoms with E-state index in [0.717, 1.165) is 5.82 Å². The van der Waals surface area contributed by atoms with Crippen LogP contribution in [0.25, 0.3) is 0 Å². The Morgan fingerprint density at radius 2 is 2.09 bits per heavy atom. The lowest BCUT2D eigenvalue weighted by Gasteiger charge is -2.22. The van der Waals surface area contributed by atoms with Gasteiger partial charge in [0.25, 0.3) is 5.56 Å². The van der Waals surface area contributed by atoms with E-state index in [-0.39, 0.29) is 30.8 Å². The van der Waals surface area contributed by atoms with Gasteiger partial charge in [-0.05, 0) is 5.92 Å². The van der Waals surface area contributed by atoms with Crippen molar-refractivity contribution in [1.29, 1.82) is 0 Å². The largest absolute Gasteiger partial charge is 0.346 e. The molecule has 1 atom stereocenters. The van der Waals surface area contributed by atoms with Gasteiger partial charge in [0.2, 0.25) is 5.91 Å². The Morgan fingerprint density at radius 3 is 2.65 bits per heavy atom. The minimum absolute atomic E-state index is 0.138. The lowest BCUT2D eigenvalue weighted by molar-refractivity contribution is -0.122. The summed E-state index contributed by atoms with van der Waals surface area (Å²) < 4.78 is 3.17. The number of amides is 1. The van der Waals surface area contributed by atoms with Gasteiger partial charge in [-0.1, -0.05) is 13.8 Å². The number of aryl methyl sites for hydroxylation is 2. The number of H-pyrrole nitrogens is 1. The molecule has 0 spiro atoms. The average molecular weight is 319 g/mol. The quantitative estimate of drug-likeness (QED) is 0.792. The van der Waals surface area contributed by atoms with E-state index in [0.29, 0.717) is 0 Å². The van der Waals surface area contributed by atoms with Crippen molar-refractivity contribution in [2.45, 2.75) is 32.9 Å². The first-order valence-corrected chi connectivity index (χ1v) is 7.45. The summed E-state index contributed by atoms with van der Waals surface area (Å²) in [5.41, 5.74) is -0.972. The van der Waals surface area contributed by atoms with Crippen LogP contribution in [0, 0.1) is 5.92 Å². The Kier molecular flexibility index (Phi) is 5.15. The maximum absolute atomic E-state index is 12.2. The second-order valence-electron chi connectivity index (χ2n) is 5.74. The molecule has 0 unspecified atom stereocenters. The molecule has 2 heterocycles. The zero-order valence-corrected chi connectivity index (χ0v) is 13.4. The highest BCUT2D eigenvalue weighted by molar-refractivity contribution is 5.76. The number of imidazole rings is 1. The Balaban J connectivity index is 2.01. The van der Waals surface area contributed by atoms with Crippen molar-refractivity contribution in [3.63, 3.8) is 0 Å². The molecule has 0 bridgehead atoms. The molecule has 1 amide bonds. The van der Waals surface area contributed by atoms with Crippen molar-refractivity contribution in [3.05, 3.63) is 51.3 Å². The Bertz CT molecular complexity index is 787. The lowest BCUT2D eigenvalue weighted by Crippen LogP contribution is -2.35. The molecule has 2 rings (SSSR count). The summed E-state index contributed by atoms with van der Waals surface area (Å²) >= 11 is 0. The molecule has 2 aromatic rings. The molecule has 0 saturated carbocycles. The van der Waals surface area contributed by atoms with Crippen molar-refractivity contribution in [2.24, 2.45) is 13.0 Å². The molecule has 23 heavy (non-hydrogen) atoms. The molecular formula is C15H21N5O3. The maximum atomic E-state index is 12.2. The van der Waals surface area contributed by atoms with E-state index in [2.05, 4.69) is 15.3 Å². The molecule has 2 N–H and O–H groups in total. The van der Waals surface area contributed by atoms with Crippen LogP contribution in [0.3, 0.4) is 0 Å². The molecule has 8 heteroatoms. The van der Waals surface area contributed by atoms with E-state index in [1.54, 1.807) is 6.20 Å². The van der Waals surface area contributed by atoms with Crippen LogP contribution in [0.1, 0.15) is 32.1 Å². The first kappa shape index (κ1) is 16.7. The predicted octanol–water partition coefficient (Wildman–Crippen LogP) is 0.174. The Hall–Kier alpha value is -2.64. The summed E-state index contributed by atoms with van der Waals surface area (Å²) in [4.78, 5) is 41.2. The third-order valence-corrected chi connectivity index (χ3v) is 3.60. The predicted molar refractivity (Wildman–Crippen MR) is 84.9 cm³/mol. The van der Waals surface area contributed by atoms with Gasteiger partial charge in [0, 0.05) is 44.7 Å². The SMILES string of the molecule is CC(C)[C@H](NC(=O)CCn1ccc(=O)[nH]c1=O)c1nccn1C. The summed E-state index contributed by atoms with van der Waals surface area (Å²) in [5.74, 6) is 0.787. The maximum Gasteiger partial charge on any atom is 0.328 e. The molecular weight excluding hydrogens is 298 g/mol. The van der Waals surface area contributed by atoms with Gasteiger partial charge in [-0.3, -0.25) is 14.6 Å². The van der Waals surface area contributed by atoms with E-state index < -0.39 is 11.2 Å². The van der Waals surface area contributed by atoms with Crippen molar-refractivity contribution in [1.82, 2.24) is 24.4 Å². The summed E-state index contributed by atoms with van der Waals surface area (Å²) in [5, 5.41) is 2.95. The highest BCUT2D eigenvalue weighted by Gasteiger charge is 2.21. The summed E-state index contributed by atoms with van der Waals surface area (Å²) in [7, 11) is 1.88. The van der Waals surface area contributed by atoms with Crippen LogP contribution >= 0.6 is 0 Å². The number of hydrogen-bond acceptors (Lipinski definition) is 4. The topological polar surface area (TPSA) is 102 Å². The fourth-order valence-electron chi connectivity index (χ4n) is 2.29. The summed E-state index contributed by atoms with van der Waals surface area (Å²) in [6.45, 7) is 4.21. The molecule has 124 valence electrons. The van der Waals surface area contributed by atoms with Crippen molar-refractivity contribution < 1.29 is 4.79 Å². The summed E-state index contributed by atoms with van der Waals surface area (Å²) in [6.07, 6.45) is 5.04. The van der Waals surface area contributed by atoms with Crippen LogP contribution in [0.15, 0.2) is 34.2 Å². The number of aromatic amines is 1. The van der Waals surface area contributed by atoms with E-state index in [1.165, 1.54) is 16.8 Å². The smallest absolute Gasteiger partial charge is 0.328 e. The number of aromatic nitrogens is 4. The third-order valence-electron chi connectivity index (χ3n) is 3.60. The molecule has 0 aliphatic rings. The highest BCUT2D eigenvalue weighted by Crippen LogP contribution is 2.19. The molecule has 0 saturated heterocycles. The number of carbonyl (C=O) groups excluding carboxylic acids is 1. The minimum atomic E-state index is -0.519. The van der Waals surface area contributed by atoms with Crippen molar-refractivity contribution in [3.8, 4) is 0 Å². The number of hydrogen-bond donors (Lipinski definition) is 2. The van der Waals surface area contributed by atoms with Gasteiger partial charge in [-0.2, -0.15) is 0 Å². The average Bonchev–Trinajstić information content (AvgIpc) is 2.89. The van der Waals surface area contributed by atoms with E-state index in [9.17, 15) is 14.4 Å². The fraction of sp³-hybridized carbons (Fsp3) is 0.467. The molecule has 2 aromatic heterocycles. The van der Waals surface area contributed by atoms with E-state index in [4.69, 9.17) is 0 Å². The second-order valence-corrected chi connectivity index (χ2v) is 5.74. The fourth-order valence-corrected chi connectivity index (χ4v) is 2.29. The third kappa shape index (κ3) is 4.18. The monoisotopic (exact) mass is 319 g/mol. The number of carbonyl (C=O) groups is 1. The van der Waals surface area contributed by atoms with Crippen LogP contribution in [-0.2, 0) is 18.4 Å². The van der Waals surface area contributed by atoms with Gasteiger partial charge in [0.15, 0.2) is 0 Å². The molecule has 0 fully saturated rings. The first-order valence-electron chi connectivity index (χ1n) is 7.45. The number of rotatable bonds is 6. The zero-order chi connectivity index (χ0) is 17.0. The van der Waals surface area contributed by atoms with Gasteiger partial charge in [0.1, 0.15) is 5.82 Å². The lowest BCUT2D eigenvalue weighted by atomic mass is 10.0. The molecule has 8 nitrogen and oxygen atoms in total. The Morgan fingerprint density at radius 1 is 1.35 bits per heavy atom. The van der Waals surface area contributed by atoms with E-state index >= 15 is 0 Å². The first-order chi connectivity index (χ1) is 10.9. The van der Waals surface area contributed by atoms with E-state index in [1.807, 2.05) is 31.7 Å². The van der Waals surface area contributed by atoms with Crippen molar-refractivity contribution >= 4 is 5.91 Å². The molecule has 0 aliphatic heterocycles. The van der Waals surface area contributed by atoms with Gasteiger partial charge in [0.05, 0.1) is 6.04 Å². The summed E-state index contributed by atoms with van der Waals surface area (Å²) in [6, 6.07) is 1.05. The molecule has 0 aromatic carbocycles.